The minimum Gasteiger partial charge on any atom is -0.476 e. The second kappa shape index (κ2) is 4.19. The smallest absolute Gasteiger partial charge is 0.358 e. The summed E-state index contributed by atoms with van der Waals surface area (Å²) >= 11 is 0. The summed E-state index contributed by atoms with van der Waals surface area (Å²) in [5, 5.41) is 17.0. The van der Waals surface area contributed by atoms with Crippen molar-refractivity contribution in [1.29, 1.82) is 0 Å². The average molecular weight is 257 g/mol. The third kappa shape index (κ3) is 2.01. The molecule has 1 saturated carbocycles. The van der Waals surface area contributed by atoms with Crippen LogP contribution in [0.4, 0.5) is 0 Å². The first-order valence-electron chi connectivity index (χ1n) is 6.34. The van der Waals surface area contributed by atoms with Crippen LogP contribution in [-0.4, -0.2) is 26.1 Å². The van der Waals surface area contributed by atoms with Gasteiger partial charge >= 0.3 is 5.97 Å². The van der Waals surface area contributed by atoms with Gasteiger partial charge in [0, 0.05) is 5.92 Å². The normalized spacial score (nSPS) is 14.6. The van der Waals surface area contributed by atoms with Gasteiger partial charge in [-0.2, -0.15) is 0 Å². The van der Waals surface area contributed by atoms with Crippen molar-refractivity contribution >= 4 is 5.97 Å². The lowest BCUT2D eigenvalue weighted by atomic mass is 10.1. The molecular formula is C14H15N3O2. The summed E-state index contributed by atoms with van der Waals surface area (Å²) in [5.41, 5.74) is 4.06. The number of aryl methyl sites for hydroxylation is 2. The number of hydrogen-bond donors (Lipinski definition) is 1. The van der Waals surface area contributed by atoms with E-state index in [4.69, 9.17) is 0 Å². The Hall–Kier alpha value is -2.17. The molecule has 0 spiro atoms. The number of rotatable bonds is 3. The summed E-state index contributed by atoms with van der Waals surface area (Å²) in [4.78, 5) is 11.2. The predicted molar refractivity (Wildman–Crippen MR) is 69.8 cm³/mol. The molecule has 1 fully saturated rings. The largest absolute Gasteiger partial charge is 0.476 e. The molecular weight excluding hydrogens is 242 g/mol. The van der Waals surface area contributed by atoms with E-state index in [0.717, 1.165) is 29.8 Å². The van der Waals surface area contributed by atoms with Crippen LogP contribution in [0.2, 0.25) is 0 Å². The topological polar surface area (TPSA) is 68.0 Å². The van der Waals surface area contributed by atoms with Crippen LogP contribution in [0.1, 0.15) is 46.1 Å². The van der Waals surface area contributed by atoms with E-state index in [0.29, 0.717) is 0 Å². The number of carbonyl (C=O) groups is 1. The fraction of sp³-hybridized carbons (Fsp3) is 0.357. The number of aromatic carboxylic acids is 1. The van der Waals surface area contributed by atoms with Crippen LogP contribution in [0.25, 0.3) is 5.69 Å². The highest BCUT2D eigenvalue weighted by atomic mass is 16.4. The van der Waals surface area contributed by atoms with Crippen LogP contribution in [0.15, 0.2) is 18.2 Å². The molecule has 0 radical (unpaired) electrons. The van der Waals surface area contributed by atoms with Gasteiger partial charge in [-0.15, -0.1) is 5.10 Å². The minimum atomic E-state index is -1.00. The molecule has 98 valence electrons. The van der Waals surface area contributed by atoms with Crippen LogP contribution < -0.4 is 0 Å². The van der Waals surface area contributed by atoms with Crippen LogP contribution >= 0.6 is 0 Å². The van der Waals surface area contributed by atoms with E-state index in [2.05, 4.69) is 10.3 Å². The highest BCUT2D eigenvalue weighted by Gasteiger charge is 2.34. The molecule has 19 heavy (non-hydrogen) atoms. The molecule has 1 N–H and O–H groups in total. The fourth-order valence-corrected chi connectivity index (χ4v) is 2.21. The molecule has 0 amide bonds. The number of carboxylic acid groups (broad SMARTS) is 1. The van der Waals surface area contributed by atoms with Gasteiger partial charge in [0.2, 0.25) is 0 Å². The third-order valence-electron chi connectivity index (χ3n) is 3.61. The van der Waals surface area contributed by atoms with Gasteiger partial charge in [-0.3, -0.25) is 0 Å². The molecule has 0 atom stereocenters. The van der Waals surface area contributed by atoms with Gasteiger partial charge in [0.15, 0.2) is 5.69 Å². The number of hydrogen-bond acceptors (Lipinski definition) is 3. The molecule has 5 heteroatoms. The number of nitrogens with zero attached hydrogens (tertiary/aromatic N) is 3. The Morgan fingerprint density at radius 2 is 2.05 bits per heavy atom. The summed E-state index contributed by atoms with van der Waals surface area (Å²) in [6.45, 7) is 4.08. The van der Waals surface area contributed by atoms with Crippen molar-refractivity contribution in [1.82, 2.24) is 15.0 Å². The van der Waals surface area contributed by atoms with Crippen LogP contribution in [0.3, 0.4) is 0 Å². The zero-order valence-corrected chi connectivity index (χ0v) is 10.9. The maximum atomic E-state index is 11.2. The second-order valence-electron chi connectivity index (χ2n) is 5.08. The van der Waals surface area contributed by atoms with Gasteiger partial charge in [0.1, 0.15) is 0 Å². The number of aromatic nitrogens is 3. The maximum Gasteiger partial charge on any atom is 0.358 e. The Morgan fingerprint density at radius 3 is 2.63 bits per heavy atom. The molecule has 0 saturated heterocycles. The second-order valence-corrected chi connectivity index (χ2v) is 5.08. The Bertz CT molecular complexity index is 657. The molecule has 2 aromatic rings. The summed E-state index contributed by atoms with van der Waals surface area (Å²) in [6.07, 6.45) is 2.02. The van der Waals surface area contributed by atoms with Crippen molar-refractivity contribution in [2.75, 3.05) is 0 Å². The molecule has 3 rings (SSSR count). The lowest BCUT2D eigenvalue weighted by Gasteiger charge is -2.08. The molecule has 1 aromatic carbocycles. The molecule has 0 unspecified atom stereocenters. The summed E-state index contributed by atoms with van der Waals surface area (Å²) < 4.78 is 1.67. The van der Waals surface area contributed by atoms with Gasteiger partial charge in [0.05, 0.1) is 11.4 Å². The highest BCUT2D eigenvalue weighted by Crippen LogP contribution is 2.42. The van der Waals surface area contributed by atoms with Gasteiger partial charge in [0.25, 0.3) is 0 Å². The standard InChI is InChI=1S/C14H15N3O2/c1-8-3-6-11(7-9(8)2)17-13(10-4-5-10)12(14(18)19)15-16-17/h3,6-7,10H,4-5H2,1-2H3,(H,18,19). The van der Waals surface area contributed by atoms with Crippen molar-refractivity contribution in [3.8, 4) is 5.69 Å². The molecule has 1 heterocycles. The first-order valence-corrected chi connectivity index (χ1v) is 6.34. The van der Waals surface area contributed by atoms with Crippen LogP contribution in [0.5, 0.6) is 0 Å². The van der Waals surface area contributed by atoms with E-state index in [-0.39, 0.29) is 11.6 Å². The molecule has 1 aliphatic carbocycles. The van der Waals surface area contributed by atoms with Gasteiger partial charge < -0.3 is 5.11 Å². The van der Waals surface area contributed by atoms with Gasteiger partial charge in [-0.05, 0) is 49.9 Å². The van der Waals surface area contributed by atoms with Crippen molar-refractivity contribution in [3.05, 3.63) is 40.7 Å². The monoisotopic (exact) mass is 257 g/mol. The van der Waals surface area contributed by atoms with E-state index in [9.17, 15) is 9.90 Å². The SMILES string of the molecule is Cc1ccc(-n2nnc(C(=O)O)c2C2CC2)cc1C. The van der Waals surface area contributed by atoms with E-state index in [1.165, 1.54) is 5.56 Å². The van der Waals surface area contributed by atoms with Gasteiger partial charge in [-0.1, -0.05) is 11.3 Å². The third-order valence-corrected chi connectivity index (χ3v) is 3.61. The summed E-state index contributed by atoms with van der Waals surface area (Å²) in [5.74, 6) is -0.723. The molecule has 1 aliphatic rings. The van der Waals surface area contributed by atoms with E-state index in [1.807, 2.05) is 32.0 Å². The van der Waals surface area contributed by atoms with Crippen molar-refractivity contribution in [2.45, 2.75) is 32.6 Å². The van der Waals surface area contributed by atoms with E-state index in [1.54, 1.807) is 4.68 Å². The van der Waals surface area contributed by atoms with Crippen molar-refractivity contribution in [2.24, 2.45) is 0 Å². The van der Waals surface area contributed by atoms with Crippen LogP contribution in [0, 0.1) is 13.8 Å². The predicted octanol–water partition coefficient (Wildman–Crippen LogP) is 2.46. The van der Waals surface area contributed by atoms with Crippen LogP contribution in [-0.2, 0) is 0 Å². The van der Waals surface area contributed by atoms with E-state index >= 15 is 0 Å². The number of carboxylic acids is 1. The molecule has 0 bridgehead atoms. The molecule has 5 nitrogen and oxygen atoms in total. The summed E-state index contributed by atoms with van der Waals surface area (Å²) in [7, 11) is 0. The Labute approximate surface area is 110 Å². The minimum absolute atomic E-state index is 0.0840. The lowest BCUT2D eigenvalue weighted by molar-refractivity contribution is 0.0689. The van der Waals surface area contributed by atoms with E-state index < -0.39 is 5.97 Å². The average Bonchev–Trinajstić information content (AvgIpc) is 3.11. The van der Waals surface area contributed by atoms with Crippen molar-refractivity contribution in [3.63, 3.8) is 0 Å². The molecule has 0 aliphatic heterocycles. The highest BCUT2D eigenvalue weighted by molar-refractivity contribution is 5.87. The molecule has 1 aromatic heterocycles. The zero-order valence-electron chi connectivity index (χ0n) is 10.9. The Balaban J connectivity index is 2.14. The summed E-state index contributed by atoms with van der Waals surface area (Å²) in [6, 6.07) is 5.99. The lowest BCUT2D eigenvalue weighted by Crippen LogP contribution is -2.06. The fourth-order valence-electron chi connectivity index (χ4n) is 2.21. The zero-order chi connectivity index (χ0) is 13.6. The Morgan fingerprint density at radius 1 is 1.32 bits per heavy atom. The van der Waals surface area contributed by atoms with Crippen molar-refractivity contribution < 1.29 is 9.90 Å². The maximum absolute atomic E-state index is 11.2. The quantitative estimate of drug-likeness (QED) is 0.917. The first-order chi connectivity index (χ1) is 9.08. The number of benzene rings is 1. The first kappa shape index (κ1) is 11.9. The Kier molecular flexibility index (Phi) is 2.62. The van der Waals surface area contributed by atoms with Gasteiger partial charge in [-0.25, -0.2) is 9.48 Å².